The van der Waals surface area contributed by atoms with Crippen LogP contribution in [-0.4, -0.2) is 30.7 Å². The summed E-state index contributed by atoms with van der Waals surface area (Å²) in [6, 6.07) is 16.4. The average molecular weight is 417 g/mol. The molecule has 0 atom stereocenters. The molecule has 0 bridgehead atoms. The van der Waals surface area contributed by atoms with Gasteiger partial charge in [0.1, 0.15) is 5.69 Å². The molecule has 1 amide bonds. The number of nitro groups is 1. The molecular weight excluding hydrogens is 394 g/mol. The number of rotatable bonds is 6. The normalized spacial score (nSPS) is 10.5. The number of hydrogen-bond acceptors (Lipinski definition) is 5. The summed E-state index contributed by atoms with van der Waals surface area (Å²) in [4.78, 5) is 38.7. The lowest BCUT2D eigenvalue weighted by Gasteiger charge is -2.14. The molecule has 0 saturated carbocycles. The predicted molar refractivity (Wildman–Crippen MR) is 121 cm³/mol. The Hall–Kier alpha value is -4.00. The molecule has 7 heteroatoms. The number of nitro benzene ring substituents is 1. The molecule has 158 valence electrons. The number of benzene rings is 3. The maximum atomic E-state index is 13.2. The monoisotopic (exact) mass is 417 g/mol. The van der Waals surface area contributed by atoms with E-state index in [0.29, 0.717) is 11.4 Å². The van der Waals surface area contributed by atoms with Crippen LogP contribution in [0.1, 0.15) is 37.4 Å². The summed E-state index contributed by atoms with van der Waals surface area (Å²) in [5.74, 6) is -0.880. The minimum Gasteiger partial charge on any atom is -0.372 e. The van der Waals surface area contributed by atoms with Crippen molar-refractivity contribution in [3.63, 3.8) is 0 Å². The van der Waals surface area contributed by atoms with Crippen molar-refractivity contribution < 1.29 is 14.5 Å². The van der Waals surface area contributed by atoms with Gasteiger partial charge in [0, 0.05) is 37.0 Å². The molecule has 3 aromatic rings. The summed E-state index contributed by atoms with van der Waals surface area (Å²) in [7, 11) is 3.38. The number of amides is 1. The predicted octanol–water partition coefficient (Wildman–Crippen LogP) is 4.76. The molecule has 0 aliphatic heterocycles. The van der Waals surface area contributed by atoms with Gasteiger partial charge in [-0.1, -0.05) is 35.9 Å². The quantitative estimate of drug-likeness (QED) is 0.355. The summed E-state index contributed by atoms with van der Waals surface area (Å²) < 4.78 is 0. The van der Waals surface area contributed by atoms with Gasteiger partial charge in [0.2, 0.25) is 0 Å². The SMILES string of the molecule is Cc1ccc(NC(=O)c2ccccc2C(=O)c2ccc(N(C)C)c([N+](=O)[O-])c2)c(C)c1. The molecule has 0 fully saturated rings. The number of ketones is 1. The molecule has 0 aliphatic rings. The number of carbonyl (C=O) groups is 2. The van der Waals surface area contributed by atoms with Crippen LogP contribution in [-0.2, 0) is 0 Å². The third-order valence-electron chi connectivity index (χ3n) is 4.96. The van der Waals surface area contributed by atoms with Gasteiger partial charge in [-0.2, -0.15) is 0 Å². The lowest BCUT2D eigenvalue weighted by atomic mass is 9.97. The average Bonchev–Trinajstić information content (AvgIpc) is 2.74. The lowest BCUT2D eigenvalue weighted by Crippen LogP contribution is -2.18. The van der Waals surface area contributed by atoms with Crippen LogP contribution in [0.4, 0.5) is 17.1 Å². The number of nitrogens with zero attached hydrogens (tertiary/aromatic N) is 2. The van der Waals surface area contributed by atoms with Crippen molar-refractivity contribution in [3.8, 4) is 0 Å². The molecule has 0 unspecified atom stereocenters. The highest BCUT2D eigenvalue weighted by Crippen LogP contribution is 2.29. The summed E-state index contributed by atoms with van der Waals surface area (Å²) in [5, 5.41) is 14.3. The van der Waals surface area contributed by atoms with Crippen LogP contribution in [0.3, 0.4) is 0 Å². The van der Waals surface area contributed by atoms with E-state index in [9.17, 15) is 19.7 Å². The van der Waals surface area contributed by atoms with E-state index in [2.05, 4.69) is 5.32 Å². The van der Waals surface area contributed by atoms with E-state index < -0.39 is 16.6 Å². The first kappa shape index (κ1) is 21.7. The fraction of sp³-hybridized carbons (Fsp3) is 0.167. The standard InChI is InChI=1S/C24H23N3O4/c1-15-9-11-20(16(2)13-15)25-24(29)19-8-6-5-7-18(19)23(28)17-10-12-21(26(3)4)22(14-17)27(30)31/h5-14H,1-4H3,(H,25,29). The Bertz CT molecular complexity index is 1190. The van der Waals surface area contributed by atoms with E-state index in [4.69, 9.17) is 0 Å². The Labute approximate surface area is 180 Å². The van der Waals surface area contributed by atoms with Gasteiger partial charge in [0.25, 0.3) is 11.6 Å². The highest BCUT2D eigenvalue weighted by atomic mass is 16.6. The molecule has 0 aliphatic carbocycles. The first-order valence-electron chi connectivity index (χ1n) is 9.67. The molecule has 1 N–H and O–H groups in total. The van der Waals surface area contributed by atoms with Gasteiger partial charge in [-0.05, 0) is 43.7 Å². The van der Waals surface area contributed by atoms with Crippen molar-refractivity contribution in [2.24, 2.45) is 0 Å². The van der Waals surface area contributed by atoms with Crippen LogP contribution in [0, 0.1) is 24.0 Å². The fourth-order valence-electron chi connectivity index (χ4n) is 3.37. The Kier molecular flexibility index (Phi) is 6.15. The van der Waals surface area contributed by atoms with Gasteiger partial charge < -0.3 is 10.2 Å². The highest BCUT2D eigenvalue weighted by molar-refractivity contribution is 6.18. The van der Waals surface area contributed by atoms with Crippen molar-refractivity contribution in [3.05, 3.63) is 98.6 Å². The van der Waals surface area contributed by atoms with Crippen molar-refractivity contribution in [2.75, 3.05) is 24.3 Å². The maximum Gasteiger partial charge on any atom is 0.293 e. The molecule has 0 spiro atoms. The minimum atomic E-state index is -0.523. The number of hydrogen-bond donors (Lipinski definition) is 1. The van der Waals surface area contributed by atoms with Gasteiger partial charge in [-0.3, -0.25) is 19.7 Å². The van der Waals surface area contributed by atoms with Gasteiger partial charge >= 0.3 is 0 Å². The Morgan fingerprint density at radius 2 is 1.61 bits per heavy atom. The number of carbonyl (C=O) groups excluding carboxylic acids is 2. The van der Waals surface area contributed by atoms with Crippen LogP contribution < -0.4 is 10.2 Å². The lowest BCUT2D eigenvalue weighted by molar-refractivity contribution is -0.384. The van der Waals surface area contributed by atoms with E-state index in [1.807, 2.05) is 32.0 Å². The molecule has 7 nitrogen and oxygen atoms in total. The zero-order valence-electron chi connectivity index (χ0n) is 17.8. The van der Waals surface area contributed by atoms with Gasteiger partial charge in [0.15, 0.2) is 5.78 Å². The minimum absolute atomic E-state index is 0.143. The summed E-state index contributed by atoms with van der Waals surface area (Å²) in [5.41, 5.74) is 3.38. The molecule has 3 rings (SSSR count). The van der Waals surface area contributed by atoms with Crippen molar-refractivity contribution in [2.45, 2.75) is 13.8 Å². The fourth-order valence-corrected chi connectivity index (χ4v) is 3.37. The smallest absolute Gasteiger partial charge is 0.293 e. The highest BCUT2D eigenvalue weighted by Gasteiger charge is 2.23. The molecule has 0 radical (unpaired) electrons. The first-order chi connectivity index (χ1) is 14.7. The zero-order valence-corrected chi connectivity index (χ0v) is 17.8. The second-order valence-corrected chi connectivity index (χ2v) is 7.50. The van der Waals surface area contributed by atoms with Crippen molar-refractivity contribution in [1.82, 2.24) is 0 Å². The number of anilines is 2. The van der Waals surface area contributed by atoms with E-state index >= 15 is 0 Å². The van der Waals surface area contributed by atoms with Gasteiger partial charge in [-0.25, -0.2) is 0 Å². The van der Waals surface area contributed by atoms with Crippen LogP contribution in [0.15, 0.2) is 60.7 Å². The Morgan fingerprint density at radius 3 is 2.23 bits per heavy atom. The van der Waals surface area contributed by atoms with Crippen LogP contribution >= 0.6 is 0 Å². The molecule has 3 aromatic carbocycles. The maximum absolute atomic E-state index is 13.2. The third kappa shape index (κ3) is 4.61. The summed E-state index contributed by atoms with van der Waals surface area (Å²) >= 11 is 0. The van der Waals surface area contributed by atoms with Crippen molar-refractivity contribution >= 4 is 28.8 Å². The van der Waals surface area contributed by atoms with E-state index in [1.54, 1.807) is 43.3 Å². The van der Waals surface area contributed by atoms with Crippen LogP contribution in [0.25, 0.3) is 0 Å². The Morgan fingerprint density at radius 1 is 0.935 bits per heavy atom. The van der Waals surface area contributed by atoms with Crippen LogP contribution in [0.5, 0.6) is 0 Å². The largest absolute Gasteiger partial charge is 0.372 e. The number of aryl methyl sites for hydroxylation is 2. The Balaban J connectivity index is 1.98. The topological polar surface area (TPSA) is 92.6 Å². The molecule has 0 heterocycles. The van der Waals surface area contributed by atoms with Gasteiger partial charge in [-0.15, -0.1) is 0 Å². The van der Waals surface area contributed by atoms with E-state index in [0.717, 1.165) is 11.1 Å². The summed E-state index contributed by atoms with van der Waals surface area (Å²) in [6.07, 6.45) is 0. The van der Waals surface area contributed by atoms with Crippen LogP contribution in [0.2, 0.25) is 0 Å². The second-order valence-electron chi connectivity index (χ2n) is 7.50. The molecule has 31 heavy (non-hydrogen) atoms. The second kappa shape index (κ2) is 8.79. The van der Waals surface area contributed by atoms with Crippen molar-refractivity contribution in [1.29, 1.82) is 0 Å². The van der Waals surface area contributed by atoms with Gasteiger partial charge in [0.05, 0.1) is 10.5 Å². The van der Waals surface area contributed by atoms with E-state index in [1.165, 1.54) is 18.2 Å². The molecule has 0 saturated heterocycles. The molecular formula is C24H23N3O4. The summed E-state index contributed by atoms with van der Waals surface area (Å²) in [6.45, 7) is 3.86. The zero-order chi connectivity index (χ0) is 22.7. The molecule has 0 aromatic heterocycles. The number of nitrogens with one attached hydrogen (secondary N) is 1. The van der Waals surface area contributed by atoms with E-state index in [-0.39, 0.29) is 22.4 Å². The third-order valence-corrected chi connectivity index (χ3v) is 4.96. The first-order valence-corrected chi connectivity index (χ1v) is 9.67.